The van der Waals surface area contributed by atoms with E-state index in [1.807, 2.05) is 38.3 Å². The zero-order valence-corrected chi connectivity index (χ0v) is 8.20. The van der Waals surface area contributed by atoms with E-state index in [4.69, 9.17) is 0 Å². The molecule has 68 valence electrons. The van der Waals surface area contributed by atoms with Gasteiger partial charge in [0.05, 0.1) is 0 Å². The van der Waals surface area contributed by atoms with Gasteiger partial charge in [-0.3, -0.25) is 4.99 Å². The van der Waals surface area contributed by atoms with Gasteiger partial charge in [0.2, 0.25) is 0 Å². The lowest BCUT2D eigenvalue weighted by Gasteiger charge is -1.99. The first-order chi connectivity index (χ1) is 6.38. The van der Waals surface area contributed by atoms with Crippen molar-refractivity contribution < 1.29 is 0 Å². The predicted octanol–water partition coefficient (Wildman–Crippen LogP) is 3.18. The molecular formula is C12H15N. The van der Waals surface area contributed by atoms with Crippen molar-refractivity contribution in [3.63, 3.8) is 0 Å². The summed E-state index contributed by atoms with van der Waals surface area (Å²) in [7, 11) is 0. The molecule has 1 rings (SSSR count). The number of benzene rings is 1. The van der Waals surface area contributed by atoms with Crippen molar-refractivity contribution in [2.24, 2.45) is 4.99 Å². The summed E-state index contributed by atoms with van der Waals surface area (Å²) >= 11 is 0. The van der Waals surface area contributed by atoms with Gasteiger partial charge in [-0.25, -0.2) is 0 Å². The number of aliphatic imine (C=N–C) groups is 1. The van der Waals surface area contributed by atoms with E-state index in [2.05, 4.69) is 23.2 Å². The van der Waals surface area contributed by atoms with Gasteiger partial charge in [0.25, 0.3) is 0 Å². The molecule has 0 amide bonds. The Bertz CT molecular complexity index is 296. The van der Waals surface area contributed by atoms with E-state index in [0.717, 1.165) is 6.54 Å². The summed E-state index contributed by atoms with van der Waals surface area (Å²) in [4.78, 5) is 4.23. The van der Waals surface area contributed by atoms with Crippen LogP contribution in [0.5, 0.6) is 0 Å². The average molecular weight is 173 g/mol. The van der Waals surface area contributed by atoms with E-state index in [0.29, 0.717) is 0 Å². The lowest BCUT2D eigenvalue weighted by atomic mass is 10.1. The summed E-state index contributed by atoms with van der Waals surface area (Å²) in [6, 6.07) is 10.3. The van der Waals surface area contributed by atoms with Crippen molar-refractivity contribution in [1.82, 2.24) is 0 Å². The molecule has 1 nitrogen and oxygen atoms in total. The predicted molar refractivity (Wildman–Crippen MR) is 59.1 cm³/mol. The molecule has 0 radical (unpaired) electrons. The summed E-state index contributed by atoms with van der Waals surface area (Å²) in [6.45, 7) is 4.91. The van der Waals surface area contributed by atoms with Crippen LogP contribution in [0.1, 0.15) is 19.4 Å². The Morgan fingerprint density at radius 3 is 2.54 bits per heavy atom. The first-order valence-corrected chi connectivity index (χ1v) is 4.60. The normalized spacial score (nSPS) is 12.3. The Labute approximate surface area is 79.8 Å². The highest BCUT2D eigenvalue weighted by molar-refractivity contribution is 6.09. The molecule has 0 N–H and O–H groups in total. The van der Waals surface area contributed by atoms with Crippen LogP contribution < -0.4 is 0 Å². The van der Waals surface area contributed by atoms with Crippen LogP contribution in [0.3, 0.4) is 0 Å². The fraction of sp³-hybridized carbons (Fsp3) is 0.250. The second-order valence-electron chi connectivity index (χ2n) is 2.74. The molecule has 1 heteroatoms. The highest BCUT2D eigenvalue weighted by Gasteiger charge is 1.93. The second-order valence-corrected chi connectivity index (χ2v) is 2.74. The molecule has 0 spiro atoms. The van der Waals surface area contributed by atoms with Gasteiger partial charge in [0, 0.05) is 12.8 Å². The molecule has 0 aromatic heterocycles. The maximum absolute atomic E-state index is 4.23. The maximum Gasteiger partial charge on any atom is 0.0361 e. The standard InChI is InChI=1S/C12H15N/c1-3-11(10-13-4-2)12-8-6-5-7-9-12/h3,5-10H,4H2,1-2H3/b11-3+,13-10?. The van der Waals surface area contributed by atoms with Gasteiger partial charge < -0.3 is 0 Å². The van der Waals surface area contributed by atoms with Crippen LogP contribution in [0.15, 0.2) is 41.4 Å². The van der Waals surface area contributed by atoms with Crippen LogP contribution in [0.2, 0.25) is 0 Å². The van der Waals surface area contributed by atoms with Crippen molar-refractivity contribution in [1.29, 1.82) is 0 Å². The second kappa shape index (κ2) is 5.31. The van der Waals surface area contributed by atoms with Crippen LogP contribution in [0.4, 0.5) is 0 Å². The maximum atomic E-state index is 4.23. The molecule has 0 bridgehead atoms. The van der Waals surface area contributed by atoms with Gasteiger partial charge in [-0.1, -0.05) is 36.4 Å². The van der Waals surface area contributed by atoms with E-state index < -0.39 is 0 Å². The van der Waals surface area contributed by atoms with Crippen molar-refractivity contribution in [2.45, 2.75) is 13.8 Å². The molecular weight excluding hydrogens is 158 g/mol. The molecule has 0 aliphatic rings. The summed E-state index contributed by atoms with van der Waals surface area (Å²) in [5.41, 5.74) is 2.41. The van der Waals surface area contributed by atoms with Gasteiger partial charge >= 0.3 is 0 Å². The van der Waals surface area contributed by atoms with Crippen LogP contribution in [-0.2, 0) is 0 Å². The molecule has 0 fully saturated rings. The molecule has 0 aliphatic carbocycles. The summed E-state index contributed by atoms with van der Waals surface area (Å²) in [5, 5.41) is 0. The lowest BCUT2D eigenvalue weighted by Crippen LogP contribution is -1.85. The third-order valence-electron chi connectivity index (χ3n) is 1.83. The number of hydrogen-bond donors (Lipinski definition) is 0. The average Bonchev–Trinajstić information content (AvgIpc) is 2.21. The number of allylic oxidation sites excluding steroid dienone is 2. The lowest BCUT2D eigenvalue weighted by molar-refractivity contribution is 1.14. The fourth-order valence-electron chi connectivity index (χ4n) is 1.14. The molecule has 13 heavy (non-hydrogen) atoms. The highest BCUT2D eigenvalue weighted by Crippen LogP contribution is 2.10. The van der Waals surface area contributed by atoms with Gasteiger partial charge in [-0.05, 0) is 25.0 Å². The Morgan fingerprint density at radius 1 is 1.31 bits per heavy atom. The largest absolute Gasteiger partial charge is 0.293 e. The van der Waals surface area contributed by atoms with E-state index in [1.54, 1.807) is 0 Å². The number of nitrogens with zero attached hydrogens (tertiary/aromatic N) is 1. The van der Waals surface area contributed by atoms with Crippen molar-refractivity contribution >= 4 is 11.8 Å². The van der Waals surface area contributed by atoms with Crippen LogP contribution in [0.25, 0.3) is 5.57 Å². The molecule has 0 aliphatic heterocycles. The molecule has 0 heterocycles. The van der Waals surface area contributed by atoms with Crippen LogP contribution >= 0.6 is 0 Å². The van der Waals surface area contributed by atoms with Gasteiger partial charge in [0.15, 0.2) is 0 Å². The molecule has 1 aromatic carbocycles. The van der Waals surface area contributed by atoms with Gasteiger partial charge in [-0.2, -0.15) is 0 Å². The van der Waals surface area contributed by atoms with Crippen LogP contribution in [-0.4, -0.2) is 12.8 Å². The summed E-state index contributed by atoms with van der Waals surface area (Å²) < 4.78 is 0. The van der Waals surface area contributed by atoms with E-state index in [9.17, 15) is 0 Å². The summed E-state index contributed by atoms with van der Waals surface area (Å²) in [6.07, 6.45) is 4.00. The van der Waals surface area contributed by atoms with E-state index >= 15 is 0 Å². The minimum atomic E-state index is 0.837. The third-order valence-corrected chi connectivity index (χ3v) is 1.83. The molecule has 0 unspecified atom stereocenters. The minimum Gasteiger partial charge on any atom is -0.293 e. The minimum absolute atomic E-state index is 0.837. The highest BCUT2D eigenvalue weighted by atomic mass is 14.7. The number of rotatable bonds is 3. The van der Waals surface area contributed by atoms with Crippen LogP contribution in [0, 0.1) is 0 Å². The smallest absolute Gasteiger partial charge is 0.0361 e. The zero-order chi connectivity index (χ0) is 9.52. The van der Waals surface area contributed by atoms with E-state index in [1.165, 1.54) is 11.1 Å². The Morgan fingerprint density at radius 2 is 2.00 bits per heavy atom. The quantitative estimate of drug-likeness (QED) is 0.622. The monoisotopic (exact) mass is 173 g/mol. The van der Waals surface area contributed by atoms with Crippen molar-refractivity contribution in [2.75, 3.05) is 6.54 Å². The Hall–Kier alpha value is -1.37. The Kier molecular flexibility index (Phi) is 3.97. The topological polar surface area (TPSA) is 12.4 Å². The number of hydrogen-bond acceptors (Lipinski definition) is 1. The zero-order valence-electron chi connectivity index (χ0n) is 8.20. The first kappa shape index (κ1) is 9.72. The molecule has 1 aromatic rings. The molecule has 0 saturated carbocycles. The summed E-state index contributed by atoms with van der Waals surface area (Å²) in [5.74, 6) is 0. The fourth-order valence-corrected chi connectivity index (χ4v) is 1.14. The van der Waals surface area contributed by atoms with Crippen molar-refractivity contribution in [3.05, 3.63) is 42.0 Å². The van der Waals surface area contributed by atoms with Gasteiger partial charge in [-0.15, -0.1) is 0 Å². The van der Waals surface area contributed by atoms with E-state index in [-0.39, 0.29) is 0 Å². The Balaban J connectivity index is 2.87. The molecule has 0 saturated heterocycles. The molecule has 0 atom stereocenters. The first-order valence-electron chi connectivity index (χ1n) is 4.60. The third kappa shape index (κ3) is 2.86. The van der Waals surface area contributed by atoms with Crippen molar-refractivity contribution in [3.8, 4) is 0 Å². The SMILES string of the molecule is C/C=C(\C=NCC)c1ccccc1. The van der Waals surface area contributed by atoms with Gasteiger partial charge in [0.1, 0.15) is 0 Å².